The van der Waals surface area contributed by atoms with E-state index in [2.05, 4.69) is 0 Å². The first kappa shape index (κ1) is 12.7. The lowest BCUT2D eigenvalue weighted by Gasteiger charge is -2.08. The van der Waals surface area contributed by atoms with Crippen LogP contribution in [0.1, 0.15) is 15.9 Å². The van der Waals surface area contributed by atoms with Crippen molar-refractivity contribution in [3.63, 3.8) is 0 Å². The van der Waals surface area contributed by atoms with Crippen LogP contribution in [0.3, 0.4) is 0 Å². The number of carboxylic acid groups (broad SMARTS) is 1. The van der Waals surface area contributed by atoms with Gasteiger partial charge in [0.1, 0.15) is 5.56 Å². The molecule has 0 aliphatic heterocycles. The number of nitrogens with zero attached hydrogens (tertiary/aromatic N) is 2. The van der Waals surface area contributed by atoms with Gasteiger partial charge < -0.3 is 9.67 Å². The number of carboxylic acids is 1. The maximum Gasteiger partial charge on any atom is 0.341 e. The zero-order chi connectivity index (χ0) is 14.3. The lowest BCUT2D eigenvalue weighted by atomic mass is 10.1. The van der Waals surface area contributed by atoms with Crippen LogP contribution in [-0.4, -0.2) is 20.6 Å². The Morgan fingerprint density at radius 1 is 1.42 bits per heavy atom. The van der Waals surface area contributed by atoms with Gasteiger partial charge in [0, 0.05) is 24.9 Å². The highest BCUT2D eigenvalue weighted by Crippen LogP contribution is 2.23. The number of aromatic carboxylic acids is 1. The number of pyridine rings is 1. The summed E-state index contributed by atoms with van der Waals surface area (Å²) in [5.74, 6) is -1.36. The van der Waals surface area contributed by atoms with Crippen LogP contribution in [0.2, 0.25) is 0 Å². The van der Waals surface area contributed by atoms with Crippen molar-refractivity contribution in [1.29, 1.82) is 0 Å². The van der Waals surface area contributed by atoms with Gasteiger partial charge >= 0.3 is 5.97 Å². The van der Waals surface area contributed by atoms with Crippen molar-refractivity contribution < 1.29 is 14.8 Å². The zero-order valence-corrected chi connectivity index (χ0v) is 10.2. The summed E-state index contributed by atoms with van der Waals surface area (Å²) in [4.78, 5) is 33.2. The third kappa shape index (κ3) is 1.95. The first-order valence-corrected chi connectivity index (χ1v) is 5.34. The smallest absolute Gasteiger partial charge is 0.341 e. The largest absolute Gasteiger partial charge is 0.477 e. The van der Waals surface area contributed by atoms with Gasteiger partial charge in [-0.1, -0.05) is 0 Å². The number of nitro groups is 1. The summed E-state index contributed by atoms with van der Waals surface area (Å²) < 4.78 is 1.47. The van der Waals surface area contributed by atoms with Gasteiger partial charge in [-0.2, -0.15) is 0 Å². The van der Waals surface area contributed by atoms with Crippen molar-refractivity contribution in [1.82, 2.24) is 4.57 Å². The first-order chi connectivity index (χ1) is 8.82. The van der Waals surface area contributed by atoms with Gasteiger partial charge in [0.2, 0.25) is 5.43 Å². The molecular weight excluding hydrogens is 252 g/mol. The second kappa shape index (κ2) is 4.20. The van der Waals surface area contributed by atoms with Crippen LogP contribution in [0.15, 0.2) is 23.1 Å². The Hall–Kier alpha value is -2.70. The van der Waals surface area contributed by atoms with Crippen molar-refractivity contribution in [2.45, 2.75) is 6.92 Å². The van der Waals surface area contributed by atoms with Crippen LogP contribution in [0.4, 0.5) is 5.69 Å². The highest BCUT2D eigenvalue weighted by Gasteiger charge is 2.18. The molecule has 2 aromatic rings. The minimum Gasteiger partial charge on any atom is -0.477 e. The number of aromatic nitrogens is 1. The molecule has 98 valence electrons. The Morgan fingerprint density at radius 2 is 2.05 bits per heavy atom. The molecule has 0 aliphatic rings. The second-order valence-electron chi connectivity index (χ2n) is 4.20. The molecule has 7 heteroatoms. The fourth-order valence-electron chi connectivity index (χ4n) is 1.97. The van der Waals surface area contributed by atoms with Crippen molar-refractivity contribution in [2.75, 3.05) is 0 Å². The van der Waals surface area contributed by atoms with Gasteiger partial charge in [-0.15, -0.1) is 0 Å². The van der Waals surface area contributed by atoms with E-state index in [1.807, 2.05) is 0 Å². The third-order valence-corrected chi connectivity index (χ3v) is 2.93. The quantitative estimate of drug-likeness (QED) is 0.651. The number of hydrogen-bond donors (Lipinski definition) is 1. The van der Waals surface area contributed by atoms with Crippen molar-refractivity contribution in [2.24, 2.45) is 7.05 Å². The van der Waals surface area contributed by atoms with Gasteiger partial charge in [-0.25, -0.2) is 4.79 Å². The first-order valence-electron chi connectivity index (χ1n) is 5.34. The molecule has 0 saturated carbocycles. The van der Waals surface area contributed by atoms with E-state index >= 15 is 0 Å². The van der Waals surface area contributed by atoms with Crippen molar-refractivity contribution in [3.05, 3.63) is 49.8 Å². The topological polar surface area (TPSA) is 102 Å². The molecule has 0 radical (unpaired) electrons. The predicted molar refractivity (Wildman–Crippen MR) is 67.5 cm³/mol. The SMILES string of the molecule is Cc1cc2c(cc1[N+](=O)[O-])c(=O)c(C(=O)O)cn2C. The minimum atomic E-state index is -1.36. The highest BCUT2D eigenvalue weighted by molar-refractivity contribution is 5.93. The molecule has 0 aliphatic carbocycles. The summed E-state index contributed by atoms with van der Waals surface area (Å²) in [5, 5.41) is 19.8. The van der Waals surface area contributed by atoms with E-state index in [-0.39, 0.29) is 11.1 Å². The van der Waals surface area contributed by atoms with Crippen molar-refractivity contribution in [3.8, 4) is 0 Å². The zero-order valence-electron chi connectivity index (χ0n) is 10.2. The standard InChI is InChI=1S/C12H10N2O5/c1-6-3-10-7(4-9(6)14(18)19)11(15)8(12(16)17)5-13(10)2/h3-5H,1-2H3,(H,16,17). The summed E-state index contributed by atoms with van der Waals surface area (Å²) in [6.07, 6.45) is 1.21. The molecule has 1 heterocycles. The Morgan fingerprint density at radius 3 is 2.58 bits per heavy atom. The lowest BCUT2D eigenvalue weighted by Crippen LogP contribution is -2.18. The molecule has 0 atom stereocenters. The second-order valence-corrected chi connectivity index (χ2v) is 4.20. The van der Waals surface area contributed by atoms with E-state index in [0.717, 1.165) is 6.07 Å². The number of aryl methyl sites for hydroxylation is 2. The summed E-state index contributed by atoms with van der Waals surface area (Å²) in [7, 11) is 1.58. The third-order valence-electron chi connectivity index (χ3n) is 2.93. The Labute approximate surface area is 106 Å². The van der Waals surface area contributed by atoms with E-state index in [0.29, 0.717) is 11.1 Å². The van der Waals surface area contributed by atoms with Gasteiger partial charge in [-0.3, -0.25) is 14.9 Å². The van der Waals surface area contributed by atoms with Crippen LogP contribution in [-0.2, 0) is 7.05 Å². The van der Waals surface area contributed by atoms with Crippen LogP contribution >= 0.6 is 0 Å². The van der Waals surface area contributed by atoms with Gasteiger partial charge in [0.25, 0.3) is 5.69 Å². The number of hydrogen-bond acceptors (Lipinski definition) is 4. The van der Waals surface area contributed by atoms with E-state index < -0.39 is 21.9 Å². The van der Waals surface area contributed by atoms with Gasteiger partial charge in [0.05, 0.1) is 15.8 Å². The van der Waals surface area contributed by atoms with Crippen LogP contribution < -0.4 is 5.43 Å². The Bertz CT molecular complexity index is 776. The molecular formula is C12H10N2O5. The molecule has 0 spiro atoms. The lowest BCUT2D eigenvalue weighted by molar-refractivity contribution is -0.385. The highest BCUT2D eigenvalue weighted by atomic mass is 16.6. The molecule has 1 aromatic heterocycles. The number of fused-ring (bicyclic) bond motifs is 1. The molecule has 0 bridgehead atoms. The number of nitro benzene ring substituents is 1. The molecule has 7 nitrogen and oxygen atoms in total. The average Bonchev–Trinajstić information content (AvgIpc) is 2.32. The predicted octanol–water partition coefficient (Wildman–Crippen LogP) is 1.45. The average molecular weight is 262 g/mol. The molecule has 1 aromatic carbocycles. The molecule has 1 N–H and O–H groups in total. The van der Waals surface area contributed by atoms with E-state index in [4.69, 9.17) is 5.11 Å². The molecule has 19 heavy (non-hydrogen) atoms. The maximum atomic E-state index is 12.0. The monoisotopic (exact) mass is 262 g/mol. The minimum absolute atomic E-state index is 0.0275. The summed E-state index contributed by atoms with van der Waals surface area (Å²) in [6, 6.07) is 2.62. The fourth-order valence-corrected chi connectivity index (χ4v) is 1.97. The van der Waals surface area contributed by atoms with E-state index in [9.17, 15) is 19.7 Å². The van der Waals surface area contributed by atoms with E-state index in [1.165, 1.54) is 16.8 Å². The fraction of sp³-hybridized carbons (Fsp3) is 0.167. The summed E-state index contributed by atoms with van der Waals surface area (Å²) in [5.41, 5.74) is -0.460. The summed E-state index contributed by atoms with van der Waals surface area (Å²) >= 11 is 0. The van der Waals surface area contributed by atoms with Crippen molar-refractivity contribution >= 4 is 22.6 Å². The molecule has 0 amide bonds. The normalized spacial score (nSPS) is 10.6. The van der Waals surface area contributed by atoms with Gasteiger partial charge in [-0.05, 0) is 13.0 Å². The van der Waals surface area contributed by atoms with Crippen LogP contribution in [0.25, 0.3) is 10.9 Å². The van der Waals surface area contributed by atoms with Gasteiger partial charge in [0.15, 0.2) is 0 Å². The molecule has 0 unspecified atom stereocenters. The number of benzene rings is 1. The van der Waals surface area contributed by atoms with Crippen LogP contribution in [0, 0.1) is 17.0 Å². The molecule has 2 rings (SSSR count). The van der Waals surface area contributed by atoms with Crippen LogP contribution in [0.5, 0.6) is 0 Å². The number of rotatable bonds is 2. The Kier molecular flexibility index (Phi) is 2.82. The molecule has 0 saturated heterocycles. The van der Waals surface area contributed by atoms with E-state index in [1.54, 1.807) is 14.0 Å². The summed E-state index contributed by atoms with van der Waals surface area (Å²) in [6.45, 7) is 1.56. The number of carbonyl (C=O) groups is 1. The maximum absolute atomic E-state index is 12.0. The Balaban J connectivity index is 2.98. The molecule has 0 fully saturated rings.